The van der Waals surface area contributed by atoms with Crippen molar-refractivity contribution < 1.29 is 4.74 Å². The third-order valence-electron chi connectivity index (χ3n) is 4.21. The molecule has 0 unspecified atom stereocenters. The van der Waals surface area contributed by atoms with Crippen molar-refractivity contribution in [1.82, 2.24) is 9.97 Å². The van der Waals surface area contributed by atoms with Crippen molar-refractivity contribution in [2.75, 3.05) is 0 Å². The Morgan fingerprint density at radius 3 is 2.00 bits per heavy atom. The van der Waals surface area contributed by atoms with Gasteiger partial charge in [0.1, 0.15) is 17.7 Å². The number of ether oxygens (including phenoxy) is 1. The van der Waals surface area contributed by atoms with E-state index in [0.717, 1.165) is 33.9 Å². The fraction of sp³-hybridized carbons (Fsp3) is 0.0417. The Balaban J connectivity index is 1.78. The van der Waals surface area contributed by atoms with Crippen molar-refractivity contribution in [1.29, 1.82) is 0 Å². The third kappa shape index (κ3) is 3.61. The fourth-order valence-corrected chi connectivity index (χ4v) is 2.92. The lowest BCUT2D eigenvalue weighted by Gasteiger charge is -2.02. The minimum absolute atomic E-state index is 0.714. The Labute approximate surface area is 158 Å². The standard InChI is InChI=1S/C24H18N2O/c1-2-17-27-21-15-13-20(14-16-21)24-25-22(18-9-5-3-6-10-18)23(26-24)19-11-7-4-8-12-19/h3-16H,1H3,(H,25,26). The number of nitrogens with one attached hydrogen (secondary N) is 1. The number of nitrogens with zero attached hydrogens (tertiary/aromatic N) is 1. The number of benzene rings is 3. The molecule has 3 aromatic carbocycles. The molecule has 0 bridgehead atoms. The summed E-state index contributed by atoms with van der Waals surface area (Å²) < 4.78 is 5.32. The zero-order chi connectivity index (χ0) is 18.5. The van der Waals surface area contributed by atoms with Gasteiger partial charge in [-0.05, 0) is 24.3 Å². The maximum absolute atomic E-state index is 5.32. The van der Waals surface area contributed by atoms with E-state index in [1.54, 1.807) is 6.92 Å². The molecule has 27 heavy (non-hydrogen) atoms. The summed E-state index contributed by atoms with van der Waals surface area (Å²) in [7, 11) is 0. The normalized spacial score (nSPS) is 10.1. The Bertz CT molecular complexity index is 1030. The van der Waals surface area contributed by atoms with Crippen molar-refractivity contribution in [2.24, 2.45) is 0 Å². The number of hydrogen-bond donors (Lipinski definition) is 1. The van der Waals surface area contributed by atoms with Gasteiger partial charge in [0.25, 0.3) is 0 Å². The Hall–Kier alpha value is -3.77. The third-order valence-corrected chi connectivity index (χ3v) is 4.21. The van der Waals surface area contributed by atoms with Crippen LogP contribution in [0.2, 0.25) is 0 Å². The summed E-state index contributed by atoms with van der Waals surface area (Å²) in [5.74, 6) is 4.25. The Morgan fingerprint density at radius 2 is 1.37 bits per heavy atom. The first-order valence-corrected chi connectivity index (χ1v) is 8.75. The van der Waals surface area contributed by atoms with Gasteiger partial charge in [-0.15, -0.1) is 0 Å². The first-order valence-electron chi connectivity index (χ1n) is 8.75. The van der Waals surface area contributed by atoms with Gasteiger partial charge in [0.15, 0.2) is 0 Å². The molecule has 0 aliphatic carbocycles. The van der Waals surface area contributed by atoms with Gasteiger partial charge in [-0.25, -0.2) is 4.98 Å². The van der Waals surface area contributed by atoms with Crippen molar-refractivity contribution in [3.8, 4) is 51.7 Å². The molecule has 4 aromatic rings. The summed E-state index contributed by atoms with van der Waals surface area (Å²) in [6.07, 6.45) is 2.61. The summed E-state index contributed by atoms with van der Waals surface area (Å²) in [5, 5.41) is 0. The van der Waals surface area contributed by atoms with Crippen LogP contribution in [0.1, 0.15) is 6.92 Å². The topological polar surface area (TPSA) is 37.9 Å². The van der Waals surface area contributed by atoms with Gasteiger partial charge in [-0.1, -0.05) is 66.6 Å². The molecule has 130 valence electrons. The highest BCUT2D eigenvalue weighted by Gasteiger charge is 2.15. The first-order chi connectivity index (χ1) is 13.3. The Kier molecular flexibility index (Phi) is 4.72. The molecule has 0 radical (unpaired) electrons. The summed E-state index contributed by atoms with van der Waals surface area (Å²) in [6.45, 7) is 1.74. The highest BCUT2D eigenvalue weighted by Crippen LogP contribution is 2.33. The zero-order valence-corrected chi connectivity index (χ0v) is 14.9. The van der Waals surface area contributed by atoms with E-state index < -0.39 is 0 Å². The minimum Gasteiger partial charge on any atom is -0.408 e. The van der Waals surface area contributed by atoms with Crippen LogP contribution in [0.3, 0.4) is 0 Å². The second-order valence-electron chi connectivity index (χ2n) is 6.02. The molecule has 4 rings (SSSR count). The van der Waals surface area contributed by atoms with E-state index in [1.807, 2.05) is 60.7 Å². The van der Waals surface area contributed by atoms with Crippen LogP contribution in [-0.2, 0) is 0 Å². The molecule has 3 nitrogen and oxygen atoms in total. The van der Waals surface area contributed by atoms with E-state index in [2.05, 4.69) is 41.3 Å². The van der Waals surface area contributed by atoms with E-state index in [0.29, 0.717) is 5.75 Å². The quantitative estimate of drug-likeness (QED) is 0.474. The predicted octanol–water partition coefficient (Wildman–Crippen LogP) is 5.77. The highest BCUT2D eigenvalue weighted by atomic mass is 16.5. The second-order valence-corrected chi connectivity index (χ2v) is 6.02. The maximum Gasteiger partial charge on any atom is 0.140 e. The number of hydrogen-bond acceptors (Lipinski definition) is 2. The van der Waals surface area contributed by atoms with Crippen LogP contribution >= 0.6 is 0 Å². The van der Waals surface area contributed by atoms with Crippen LogP contribution in [0.5, 0.6) is 5.75 Å². The van der Waals surface area contributed by atoms with Gasteiger partial charge < -0.3 is 9.72 Å². The largest absolute Gasteiger partial charge is 0.408 e. The van der Waals surface area contributed by atoms with E-state index in [9.17, 15) is 0 Å². The van der Waals surface area contributed by atoms with Crippen molar-refractivity contribution >= 4 is 0 Å². The summed E-state index contributed by atoms with van der Waals surface area (Å²) >= 11 is 0. The SMILES string of the molecule is CC#COc1ccc(-c2nc(-c3ccccc3)c(-c3ccccc3)[nH]2)cc1. The summed E-state index contributed by atoms with van der Waals surface area (Å²) in [5.41, 5.74) is 5.12. The smallest absolute Gasteiger partial charge is 0.140 e. The van der Waals surface area contributed by atoms with Crippen molar-refractivity contribution in [3.05, 3.63) is 84.9 Å². The number of H-pyrrole nitrogens is 1. The van der Waals surface area contributed by atoms with Gasteiger partial charge in [-0.3, -0.25) is 0 Å². The molecule has 0 amide bonds. The average Bonchev–Trinajstić information content (AvgIpc) is 3.19. The molecule has 1 N–H and O–H groups in total. The van der Waals surface area contributed by atoms with E-state index in [4.69, 9.17) is 9.72 Å². The summed E-state index contributed by atoms with van der Waals surface area (Å²) in [6, 6.07) is 28.2. The monoisotopic (exact) mass is 350 g/mol. The highest BCUT2D eigenvalue weighted by molar-refractivity contribution is 5.81. The molecular weight excluding hydrogens is 332 g/mol. The Morgan fingerprint density at radius 1 is 0.741 bits per heavy atom. The first kappa shape index (κ1) is 16.7. The van der Waals surface area contributed by atoms with E-state index >= 15 is 0 Å². The van der Waals surface area contributed by atoms with Crippen LogP contribution in [0, 0.1) is 12.0 Å². The number of rotatable bonds is 4. The van der Waals surface area contributed by atoms with Crippen LogP contribution in [0.25, 0.3) is 33.9 Å². The van der Waals surface area contributed by atoms with Gasteiger partial charge in [0, 0.05) is 23.6 Å². The molecule has 3 heteroatoms. The van der Waals surface area contributed by atoms with Crippen LogP contribution in [0.4, 0.5) is 0 Å². The predicted molar refractivity (Wildman–Crippen MR) is 109 cm³/mol. The molecule has 0 atom stereocenters. The number of aromatic amines is 1. The summed E-state index contributed by atoms with van der Waals surface area (Å²) in [4.78, 5) is 8.39. The van der Waals surface area contributed by atoms with Gasteiger partial charge in [0.05, 0.1) is 11.4 Å². The molecule has 0 fully saturated rings. The number of aromatic nitrogens is 2. The lowest BCUT2D eigenvalue weighted by Crippen LogP contribution is -1.84. The molecular formula is C24H18N2O. The van der Waals surface area contributed by atoms with Crippen LogP contribution < -0.4 is 4.74 Å². The number of imidazole rings is 1. The zero-order valence-electron chi connectivity index (χ0n) is 14.9. The molecule has 1 heterocycles. The van der Waals surface area contributed by atoms with Crippen molar-refractivity contribution in [3.63, 3.8) is 0 Å². The molecule has 0 saturated heterocycles. The van der Waals surface area contributed by atoms with E-state index in [1.165, 1.54) is 0 Å². The lowest BCUT2D eigenvalue weighted by molar-refractivity contribution is 0.519. The minimum atomic E-state index is 0.714. The second kappa shape index (κ2) is 7.63. The van der Waals surface area contributed by atoms with Gasteiger partial charge in [-0.2, -0.15) is 0 Å². The van der Waals surface area contributed by atoms with Crippen molar-refractivity contribution in [2.45, 2.75) is 6.92 Å². The lowest BCUT2D eigenvalue weighted by atomic mass is 10.1. The maximum atomic E-state index is 5.32. The van der Waals surface area contributed by atoms with Crippen LogP contribution in [-0.4, -0.2) is 9.97 Å². The molecule has 0 aliphatic rings. The van der Waals surface area contributed by atoms with Crippen LogP contribution in [0.15, 0.2) is 84.9 Å². The van der Waals surface area contributed by atoms with Gasteiger partial charge in [0.2, 0.25) is 0 Å². The molecule has 0 saturated carbocycles. The fourth-order valence-electron chi connectivity index (χ4n) is 2.92. The van der Waals surface area contributed by atoms with Gasteiger partial charge >= 0.3 is 0 Å². The van der Waals surface area contributed by atoms with E-state index in [-0.39, 0.29) is 0 Å². The molecule has 0 spiro atoms. The molecule has 0 aliphatic heterocycles. The molecule has 1 aromatic heterocycles. The average molecular weight is 350 g/mol.